The van der Waals surface area contributed by atoms with Gasteiger partial charge in [-0.05, 0) is 35.4 Å². The first-order valence-electron chi connectivity index (χ1n) is 5.32. The van der Waals surface area contributed by atoms with Gasteiger partial charge in [0.15, 0.2) is 0 Å². The highest BCUT2D eigenvalue weighted by Gasteiger charge is 2.27. The molecule has 0 radical (unpaired) electrons. The number of halogens is 1. The van der Waals surface area contributed by atoms with Crippen molar-refractivity contribution in [1.29, 1.82) is 0 Å². The quantitative estimate of drug-likeness (QED) is 0.821. The summed E-state index contributed by atoms with van der Waals surface area (Å²) in [4.78, 5) is 0. The van der Waals surface area contributed by atoms with Crippen LogP contribution in [0.4, 0.5) is 0 Å². The minimum absolute atomic E-state index is 0.275. The molecule has 0 heterocycles. The zero-order valence-corrected chi connectivity index (χ0v) is 11.2. The number of hydrogen-bond acceptors (Lipinski definition) is 1. The van der Waals surface area contributed by atoms with Crippen molar-refractivity contribution in [2.45, 2.75) is 27.2 Å². The molecular weight excluding hydrogens is 252 g/mol. The fourth-order valence-corrected chi connectivity index (χ4v) is 2.33. The van der Waals surface area contributed by atoms with Crippen LogP contribution >= 0.6 is 15.9 Å². The first kappa shape index (κ1) is 12.6. The first-order chi connectivity index (χ1) is 6.98. The van der Waals surface area contributed by atoms with E-state index in [0.29, 0.717) is 11.7 Å². The fraction of sp³-hybridized carbons (Fsp3) is 0.538. The van der Waals surface area contributed by atoms with Gasteiger partial charge in [0, 0.05) is 5.33 Å². The van der Waals surface area contributed by atoms with E-state index in [0.717, 1.165) is 11.8 Å². The Morgan fingerprint density at radius 3 is 2.20 bits per heavy atom. The van der Waals surface area contributed by atoms with Gasteiger partial charge in [0.05, 0.1) is 0 Å². The normalized spacial score (nSPS) is 15.3. The molecule has 0 aliphatic rings. The van der Waals surface area contributed by atoms with Crippen molar-refractivity contribution < 1.29 is 5.11 Å². The third-order valence-electron chi connectivity index (χ3n) is 3.24. The molecule has 1 unspecified atom stereocenters. The van der Waals surface area contributed by atoms with Gasteiger partial charge in [0.1, 0.15) is 5.75 Å². The summed E-state index contributed by atoms with van der Waals surface area (Å²) in [5.74, 6) is 0.967. The van der Waals surface area contributed by atoms with E-state index in [2.05, 4.69) is 36.7 Å². The maximum atomic E-state index is 9.21. The third-order valence-corrected chi connectivity index (χ3v) is 4.52. The Hall–Kier alpha value is -0.500. The van der Waals surface area contributed by atoms with E-state index in [9.17, 15) is 5.11 Å². The Morgan fingerprint density at radius 2 is 1.80 bits per heavy atom. The van der Waals surface area contributed by atoms with Gasteiger partial charge in [-0.3, -0.25) is 0 Å². The maximum absolute atomic E-state index is 9.21. The Bertz CT molecular complexity index is 305. The monoisotopic (exact) mass is 270 g/mol. The van der Waals surface area contributed by atoms with Gasteiger partial charge in [-0.15, -0.1) is 0 Å². The predicted molar refractivity (Wildman–Crippen MR) is 68.5 cm³/mol. The largest absolute Gasteiger partial charge is 0.508 e. The van der Waals surface area contributed by atoms with Crippen LogP contribution in [0.3, 0.4) is 0 Å². The number of alkyl halides is 1. The smallest absolute Gasteiger partial charge is 0.115 e. The molecule has 1 rings (SSSR count). The van der Waals surface area contributed by atoms with Crippen molar-refractivity contribution in [3.05, 3.63) is 29.8 Å². The average Bonchev–Trinajstić information content (AvgIpc) is 2.21. The molecule has 1 aromatic rings. The van der Waals surface area contributed by atoms with Gasteiger partial charge < -0.3 is 5.11 Å². The number of rotatable bonds is 4. The summed E-state index contributed by atoms with van der Waals surface area (Å²) in [7, 11) is 0. The van der Waals surface area contributed by atoms with Crippen LogP contribution in [-0.4, -0.2) is 10.4 Å². The van der Waals surface area contributed by atoms with Gasteiger partial charge in [-0.1, -0.05) is 48.8 Å². The highest BCUT2D eigenvalue weighted by molar-refractivity contribution is 9.09. The lowest BCUT2D eigenvalue weighted by atomic mass is 9.76. The molecule has 0 aromatic heterocycles. The molecule has 0 fully saturated rings. The van der Waals surface area contributed by atoms with Crippen LogP contribution in [0.25, 0.3) is 0 Å². The van der Waals surface area contributed by atoms with Crippen molar-refractivity contribution in [2.75, 3.05) is 5.33 Å². The molecule has 0 saturated carbocycles. The van der Waals surface area contributed by atoms with Crippen LogP contribution < -0.4 is 0 Å². The molecule has 0 aliphatic carbocycles. The van der Waals surface area contributed by atoms with E-state index in [-0.39, 0.29) is 5.41 Å². The SMILES string of the molecule is CC(C)C(C)(CBr)Cc1ccc(O)cc1. The van der Waals surface area contributed by atoms with Crippen LogP contribution in [0.2, 0.25) is 0 Å². The second-order valence-electron chi connectivity index (χ2n) is 4.79. The molecule has 1 N–H and O–H groups in total. The molecule has 0 bridgehead atoms. The zero-order chi connectivity index (χ0) is 11.5. The summed E-state index contributed by atoms with van der Waals surface area (Å²) >= 11 is 3.60. The number of aromatic hydroxyl groups is 1. The molecule has 0 aliphatic heterocycles. The number of phenolic OH excluding ortho intramolecular Hbond substituents is 1. The minimum atomic E-state index is 0.275. The van der Waals surface area contributed by atoms with Crippen LogP contribution in [0.5, 0.6) is 5.75 Å². The average molecular weight is 271 g/mol. The molecular formula is C13H19BrO. The van der Waals surface area contributed by atoms with Gasteiger partial charge in [0.25, 0.3) is 0 Å². The molecule has 84 valence electrons. The van der Waals surface area contributed by atoms with Gasteiger partial charge in [-0.2, -0.15) is 0 Å². The van der Waals surface area contributed by atoms with E-state index < -0.39 is 0 Å². The number of phenols is 1. The summed E-state index contributed by atoms with van der Waals surface area (Å²) in [5, 5.41) is 10.2. The fourth-order valence-electron chi connectivity index (χ4n) is 1.49. The van der Waals surface area contributed by atoms with E-state index in [4.69, 9.17) is 0 Å². The van der Waals surface area contributed by atoms with Crippen LogP contribution in [0.1, 0.15) is 26.3 Å². The highest BCUT2D eigenvalue weighted by Crippen LogP contribution is 2.33. The van der Waals surface area contributed by atoms with E-state index in [1.54, 1.807) is 12.1 Å². The second kappa shape index (κ2) is 5.02. The second-order valence-corrected chi connectivity index (χ2v) is 5.35. The Labute approximate surface area is 101 Å². The lowest BCUT2D eigenvalue weighted by Gasteiger charge is -2.32. The van der Waals surface area contributed by atoms with Gasteiger partial charge >= 0.3 is 0 Å². The summed E-state index contributed by atoms with van der Waals surface area (Å²) in [6.07, 6.45) is 1.04. The predicted octanol–water partition coefficient (Wildman–Crippen LogP) is 3.99. The summed E-state index contributed by atoms with van der Waals surface area (Å²) in [6.45, 7) is 6.79. The standard InChI is InChI=1S/C13H19BrO/c1-10(2)13(3,9-14)8-11-4-6-12(15)7-5-11/h4-7,10,15H,8-9H2,1-3H3. The van der Waals surface area contributed by atoms with Crippen molar-refractivity contribution in [3.63, 3.8) is 0 Å². The Kier molecular flexibility index (Phi) is 4.21. The van der Waals surface area contributed by atoms with E-state index in [1.807, 2.05) is 12.1 Å². The van der Waals surface area contributed by atoms with Crippen LogP contribution in [-0.2, 0) is 6.42 Å². The number of benzene rings is 1. The molecule has 0 spiro atoms. The first-order valence-corrected chi connectivity index (χ1v) is 6.44. The molecule has 15 heavy (non-hydrogen) atoms. The molecule has 2 heteroatoms. The van der Waals surface area contributed by atoms with Crippen molar-refractivity contribution in [2.24, 2.45) is 11.3 Å². The zero-order valence-electron chi connectivity index (χ0n) is 9.63. The summed E-state index contributed by atoms with van der Waals surface area (Å²) in [5.41, 5.74) is 1.56. The van der Waals surface area contributed by atoms with Crippen LogP contribution in [0, 0.1) is 11.3 Å². The summed E-state index contributed by atoms with van der Waals surface area (Å²) < 4.78 is 0. The van der Waals surface area contributed by atoms with Crippen molar-refractivity contribution in [3.8, 4) is 5.75 Å². The van der Waals surface area contributed by atoms with E-state index in [1.165, 1.54) is 5.56 Å². The maximum Gasteiger partial charge on any atom is 0.115 e. The summed E-state index contributed by atoms with van der Waals surface area (Å²) in [6, 6.07) is 7.51. The molecule has 1 aromatic carbocycles. The van der Waals surface area contributed by atoms with Crippen molar-refractivity contribution >= 4 is 15.9 Å². The van der Waals surface area contributed by atoms with Crippen molar-refractivity contribution in [1.82, 2.24) is 0 Å². The van der Waals surface area contributed by atoms with Gasteiger partial charge in [0.2, 0.25) is 0 Å². The van der Waals surface area contributed by atoms with Gasteiger partial charge in [-0.25, -0.2) is 0 Å². The van der Waals surface area contributed by atoms with E-state index >= 15 is 0 Å². The molecule has 1 atom stereocenters. The minimum Gasteiger partial charge on any atom is -0.508 e. The lowest BCUT2D eigenvalue weighted by Crippen LogP contribution is -2.27. The molecule has 0 amide bonds. The molecule has 1 nitrogen and oxygen atoms in total. The topological polar surface area (TPSA) is 20.2 Å². The Balaban J connectivity index is 2.79. The number of hydrogen-bond donors (Lipinski definition) is 1. The Morgan fingerprint density at radius 1 is 1.27 bits per heavy atom. The lowest BCUT2D eigenvalue weighted by molar-refractivity contribution is 0.258. The third kappa shape index (κ3) is 3.23. The molecule has 0 saturated heterocycles. The highest BCUT2D eigenvalue weighted by atomic mass is 79.9. The van der Waals surface area contributed by atoms with Crippen LogP contribution in [0.15, 0.2) is 24.3 Å².